The van der Waals surface area contributed by atoms with Crippen LogP contribution in [-0.2, 0) is 10.0 Å². The second-order valence-electron chi connectivity index (χ2n) is 6.60. The SMILES string of the molecule is CCN(CC)S(=O)(=O)c1cc(C(=O)NCCCN(C)c2ccccc2)ccc1Cl. The van der Waals surface area contributed by atoms with E-state index in [1.165, 1.54) is 22.5 Å². The van der Waals surface area contributed by atoms with Crippen molar-refractivity contribution in [2.75, 3.05) is 38.1 Å². The summed E-state index contributed by atoms with van der Waals surface area (Å²) in [7, 11) is -1.74. The number of hydrogen-bond donors (Lipinski definition) is 1. The molecule has 2 aromatic carbocycles. The van der Waals surface area contributed by atoms with Gasteiger partial charge in [-0.1, -0.05) is 43.6 Å². The van der Waals surface area contributed by atoms with Crippen molar-refractivity contribution in [3.8, 4) is 0 Å². The van der Waals surface area contributed by atoms with Crippen molar-refractivity contribution in [2.45, 2.75) is 25.2 Å². The van der Waals surface area contributed by atoms with Gasteiger partial charge in [0.15, 0.2) is 0 Å². The van der Waals surface area contributed by atoms with Crippen molar-refractivity contribution in [2.24, 2.45) is 0 Å². The van der Waals surface area contributed by atoms with Gasteiger partial charge < -0.3 is 10.2 Å². The Kier molecular flexibility index (Phi) is 8.49. The third-order valence-electron chi connectivity index (χ3n) is 4.67. The maximum atomic E-state index is 12.8. The molecule has 0 aromatic heterocycles. The zero-order valence-electron chi connectivity index (χ0n) is 17.1. The predicted molar refractivity (Wildman–Crippen MR) is 118 cm³/mol. The fraction of sp³-hybridized carbons (Fsp3) is 0.381. The second kappa shape index (κ2) is 10.6. The van der Waals surface area contributed by atoms with E-state index in [-0.39, 0.29) is 21.4 Å². The molecule has 0 fully saturated rings. The monoisotopic (exact) mass is 437 g/mol. The van der Waals surface area contributed by atoms with Crippen LogP contribution in [0.5, 0.6) is 0 Å². The molecule has 158 valence electrons. The fourth-order valence-electron chi connectivity index (χ4n) is 2.98. The molecule has 0 aliphatic carbocycles. The molecule has 0 aliphatic heterocycles. The number of anilines is 1. The van der Waals surface area contributed by atoms with Gasteiger partial charge in [-0.2, -0.15) is 4.31 Å². The zero-order chi connectivity index (χ0) is 21.4. The molecule has 0 heterocycles. The van der Waals surface area contributed by atoms with E-state index < -0.39 is 10.0 Å². The van der Waals surface area contributed by atoms with Gasteiger partial charge in [0.1, 0.15) is 4.90 Å². The Morgan fingerprint density at radius 2 is 1.72 bits per heavy atom. The Labute approximate surface area is 178 Å². The van der Waals surface area contributed by atoms with Gasteiger partial charge >= 0.3 is 0 Å². The molecule has 2 aromatic rings. The van der Waals surface area contributed by atoms with Crippen LogP contribution in [0.2, 0.25) is 5.02 Å². The topological polar surface area (TPSA) is 69.7 Å². The van der Waals surface area contributed by atoms with Gasteiger partial charge in [0, 0.05) is 44.5 Å². The van der Waals surface area contributed by atoms with Crippen LogP contribution in [0.1, 0.15) is 30.6 Å². The lowest BCUT2D eigenvalue weighted by Gasteiger charge is -2.20. The standard InChI is InChI=1S/C21H28ClN3O3S/c1-4-25(5-2)29(27,28)20-16-17(12-13-19(20)22)21(26)23-14-9-15-24(3)18-10-7-6-8-11-18/h6-8,10-13,16H,4-5,9,14-15H2,1-3H3,(H,23,26). The third-order valence-corrected chi connectivity index (χ3v) is 7.20. The van der Waals surface area contributed by atoms with Crippen LogP contribution in [0.3, 0.4) is 0 Å². The maximum Gasteiger partial charge on any atom is 0.251 e. The summed E-state index contributed by atoms with van der Waals surface area (Å²) < 4.78 is 26.8. The minimum atomic E-state index is -3.74. The van der Waals surface area contributed by atoms with Crippen molar-refractivity contribution in [1.82, 2.24) is 9.62 Å². The minimum absolute atomic E-state index is 0.0423. The summed E-state index contributed by atoms with van der Waals surface area (Å²) in [5.41, 5.74) is 1.39. The average Bonchev–Trinajstić information content (AvgIpc) is 2.72. The molecule has 0 radical (unpaired) electrons. The number of rotatable bonds is 10. The lowest BCUT2D eigenvalue weighted by atomic mass is 10.2. The molecule has 0 bridgehead atoms. The van der Waals surface area contributed by atoms with Gasteiger partial charge in [-0.05, 0) is 36.8 Å². The van der Waals surface area contributed by atoms with Crippen LogP contribution < -0.4 is 10.2 Å². The van der Waals surface area contributed by atoms with E-state index in [2.05, 4.69) is 10.2 Å². The molecule has 1 N–H and O–H groups in total. The van der Waals surface area contributed by atoms with E-state index in [0.29, 0.717) is 19.6 Å². The third kappa shape index (κ3) is 5.95. The van der Waals surface area contributed by atoms with Crippen molar-refractivity contribution in [1.29, 1.82) is 0 Å². The van der Waals surface area contributed by atoms with Crippen LogP contribution in [0, 0.1) is 0 Å². The number of benzene rings is 2. The quantitative estimate of drug-likeness (QED) is 0.576. The molecular weight excluding hydrogens is 410 g/mol. The van der Waals surface area contributed by atoms with Gasteiger partial charge in [-0.25, -0.2) is 8.42 Å². The van der Waals surface area contributed by atoms with Crippen LogP contribution in [0.4, 0.5) is 5.69 Å². The molecule has 0 atom stereocenters. The minimum Gasteiger partial charge on any atom is -0.375 e. The van der Waals surface area contributed by atoms with Gasteiger partial charge in [0.2, 0.25) is 10.0 Å². The van der Waals surface area contributed by atoms with Crippen molar-refractivity contribution < 1.29 is 13.2 Å². The van der Waals surface area contributed by atoms with Gasteiger partial charge in [0.05, 0.1) is 5.02 Å². The number of sulfonamides is 1. The molecule has 0 spiro atoms. The van der Waals surface area contributed by atoms with Crippen LogP contribution >= 0.6 is 11.6 Å². The Bertz CT molecular complexity index is 916. The first-order valence-electron chi connectivity index (χ1n) is 9.65. The van der Waals surface area contributed by atoms with E-state index in [1.807, 2.05) is 37.4 Å². The molecule has 29 heavy (non-hydrogen) atoms. The summed E-state index contributed by atoms with van der Waals surface area (Å²) in [6.07, 6.45) is 0.759. The van der Waals surface area contributed by atoms with E-state index >= 15 is 0 Å². The highest BCUT2D eigenvalue weighted by atomic mass is 35.5. The number of carbonyl (C=O) groups excluding carboxylic acids is 1. The molecule has 2 rings (SSSR count). The smallest absolute Gasteiger partial charge is 0.251 e. The lowest BCUT2D eigenvalue weighted by Crippen LogP contribution is -2.31. The first-order chi connectivity index (χ1) is 13.8. The molecule has 1 amide bonds. The Morgan fingerprint density at radius 3 is 2.34 bits per heavy atom. The highest BCUT2D eigenvalue weighted by molar-refractivity contribution is 7.89. The Balaban J connectivity index is 1.99. The maximum absolute atomic E-state index is 12.8. The van der Waals surface area contributed by atoms with Crippen LogP contribution in [0.25, 0.3) is 0 Å². The number of para-hydroxylation sites is 1. The number of amides is 1. The number of carbonyl (C=O) groups is 1. The lowest BCUT2D eigenvalue weighted by molar-refractivity contribution is 0.0953. The zero-order valence-corrected chi connectivity index (χ0v) is 18.6. The fourth-order valence-corrected chi connectivity index (χ4v) is 4.94. The molecule has 0 saturated heterocycles. The summed E-state index contributed by atoms with van der Waals surface area (Å²) in [4.78, 5) is 14.6. The molecule has 8 heteroatoms. The van der Waals surface area contributed by atoms with Crippen LogP contribution in [0.15, 0.2) is 53.4 Å². The molecular formula is C21H28ClN3O3S. The summed E-state index contributed by atoms with van der Waals surface area (Å²) in [5.74, 6) is -0.319. The summed E-state index contributed by atoms with van der Waals surface area (Å²) in [6, 6.07) is 14.3. The highest BCUT2D eigenvalue weighted by Gasteiger charge is 2.25. The summed E-state index contributed by atoms with van der Waals surface area (Å²) in [5, 5.41) is 2.95. The molecule has 0 saturated carbocycles. The van der Waals surface area contributed by atoms with Crippen molar-refractivity contribution in [3.05, 3.63) is 59.1 Å². The molecule has 0 unspecified atom stereocenters. The predicted octanol–water partition coefficient (Wildman–Crippen LogP) is 3.63. The van der Waals surface area contributed by atoms with Gasteiger partial charge in [-0.3, -0.25) is 4.79 Å². The molecule has 6 nitrogen and oxygen atoms in total. The highest BCUT2D eigenvalue weighted by Crippen LogP contribution is 2.26. The van der Waals surface area contributed by atoms with Gasteiger partial charge in [-0.15, -0.1) is 0 Å². The number of nitrogens with zero attached hydrogens (tertiary/aromatic N) is 2. The van der Waals surface area contributed by atoms with E-state index in [9.17, 15) is 13.2 Å². The van der Waals surface area contributed by atoms with E-state index in [0.717, 1.165) is 18.7 Å². The summed E-state index contributed by atoms with van der Waals surface area (Å²) in [6.45, 7) is 5.46. The van der Waals surface area contributed by atoms with Crippen molar-refractivity contribution >= 4 is 33.2 Å². The number of nitrogens with one attached hydrogen (secondary N) is 1. The van der Waals surface area contributed by atoms with E-state index in [4.69, 9.17) is 11.6 Å². The normalized spacial score (nSPS) is 11.5. The molecule has 0 aliphatic rings. The first-order valence-corrected chi connectivity index (χ1v) is 11.5. The van der Waals surface area contributed by atoms with Gasteiger partial charge in [0.25, 0.3) is 5.91 Å². The Hall–Kier alpha value is -2.09. The Morgan fingerprint density at radius 1 is 1.07 bits per heavy atom. The average molecular weight is 438 g/mol. The van der Waals surface area contributed by atoms with Crippen molar-refractivity contribution in [3.63, 3.8) is 0 Å². The van der Waals surface area contributed by atoms with E-state index in [1.54, 1.807) is 13.8 Å². The number of hydrogen-bond acceptors (Lipinski definition) is 4. The number of halogens is 1. The summed E-state index contributed by atoms with van der Waals surface area (Å²) >= 11 is 6.12. The second-order valence-corrected chi connectivity index (χ2v) is 8.91. The largest absolute Gasteiger partial charge is 0.375 e. The first kappa shape index (κ1) is 23.2. The van der Waals surface area contributed by atoms with Crippen LogP contribution in [-0.4, -0.2) is 51.9 Å².